The van der Waals surface area contributed by atoms with Gasteiger partial charge in [-0.2, -0.15) is 0 Å². The minimum atomic E-state index is -0.865. The fourth-order valence-corrected chi connectivity index (χ4v) is 2.04. The molecule has 0 aliphatic heterocycles. The summed E-state index contributed by atoms with van der Waals surface area (Å²) in [5.41, 5.74) is 0.836. The van der Waals surface area contributed by atoms with Crippen LogP contribution in [-0.2, 0) is 9.53 Å². The van der Waals surface area contributed by atoms with Crippen LogP contribution >= 0.6 is 11.6 Å². The van der Waals surface area contributed by atoms with Crippen LogP contribution in [0.5, 0.6) is 0 Å². The summed E-state index contributed by atoms with van der Waals surface area (Å²) in [4.78, 5) is 35.8. The minimum absolute atomic E-state index is 0.346. The molecule has 2 aromatic rings. The summed E-state index contributed by atoms with van der Waals surface area (Å²) < 4.78 is 4.95. The quantitative estimate of drug-likeness (QED) is 0.645. The van der Waals surface area contributed by atoms with Crippen molar-refractivity contribution in [1.29, 1.82) is 0 Å². The van der Waals surface area contributed by atoms with Crippen molar-refractivity contribution in [3.8, 4) is 0 Å². The average molecular weight is 346 g/mol. The molecule has 1 amide bonds. The summed E-state index contributed by atoms with van der Waals surface area (Å²) in [7, 11) is 0. The predicted octanol–water partition coefficient (Wildman–Crippen LogP) is 2.88. The molecule has 5 nitrogen and oxygen atoms in total. The van der Waals surface area contributed by atoms with E-state index in [9.17, 15) is 14.4 Å². The summed E-state index contributed by atoms with van der Waals surface area (Å²) >= 11 is 5.75. The predicted molar refractivity (Wildman–Crippen MR) is 90.1 cm³/mol. The average Bonchev–Trinajstić information content (AvgIpc) is 2.60. The lowest BCUT2D eigenvalue weighted by Crippen LogP contribution is -2.40. The van der Waals surface area contributed by atoms with Crippen LogP contribution in [0, 0.1) is 0 Å². The van der Waals surface area contributed by atoms with Gasteiger partial charge in [0.05, 0.1) is 0 Å². The maximum absolute atomic E-state index is 12.0. The van der Waals surface area contributed by atoms with Crippen molar-refractivity contribution in [2.75, 3.05) is 6.61 Å². The van der Waals surface area contributed by atoms with Crippen LogP contribution in [0.15, 0.2) is 54.6 Å². The van der Waals surface area contributed by atoms with E-state index in [4.69, 9.17) is 16.3 Å². The number of Topliss-reactive ketones (excluding diaryl/α,β-unsaturated/α-hetero) is 1. The van der Waals surface area contributed by atoms with Gasteiger partial charge in [0.2, 0.25) is 0 Å². The lowest BCUT2D eigenvalue weighted by molar-refractivity contribution is -0.144. The molecule has 0 saturated carbocycles. The Labute approximate surface area is 144 Å². The summed E-state index contributed by atoms with van der Waals surface area (Å²) in [5.74, 6) is -1.41. The third-order valence-corrected chi connectivity index (χ3v) is 3.50. The van der Waals surface area contributed by atoms with E-state index in [0.29, 0.717) is 16.1 Å². The molecular weight excluding hydrogens is 330 g/mol. The number of esters is 1. The van der Waals surface area contributed by atoms with E-state index in [2.05, 4.69) is 5.32 Å². The lowest BCUT2D eigenvalue weighted by atomic mass is 10.1. The first-order valence-corrected chi connectivity index (χ1v) is 7.66. The number of carbonyl (C=O) groups is 3. The Balaban J connectivity index is 1.84. The molecule has 0 spiro atoms. The van der Waals surface area contributed by atoms with Gasteiger partial charge in [0.15, 0.2) is 12.4 Å². The highest BCUT2D eigenvalue weighted by atomic mass is 35.5. The van der Waals surface area contributed by atoms with Crippen molar-refractivity contribution in [2.45, 2.75) is 13.0 Å². The normalized spacial score (nSPS) is 11.4. The van der Waals surface area contributed by atoms with Gasteiger partial charge in [-0.3, -0.25) is 9.59 Å². The Morgan fingerprint density at radius 1 is 1.00 bits per heavy atom. The second-order valence-corrected chi connectivity index (χ2v) is 5.54. The molecule has 0 radical (unpaired) electrons. The van der Waals surface area contributed by atoms with Crippen molar-refractivity contribution in [3.05, 3.63) is 70.7 Å². The smallest absolute Gasteiger partial charge is 0.328 e. The van der Waals surface area contributed by atoms with Gasteiger partial charge in [0, 0.05) is 16.1 Å². The van der Waals surface area contributed by atoms with E-state index in [1.807, 2.05) is 0 Å². The number of ether oxygens (including phenoxy) is 1. The molecule has 0 aliphatic carbocycles. The van der Waals surface area contributed by atoms with Crippen LogP contribution in [0.1, 0.15) is 27.6 Å². The first-order valence-electron chi connectivity index (χ1n) is 7.28. The standard InChI is InChI=1S/C18H16ClNO4/c1-12(20-17(22)14-5-3-2-4-6-14)18(23)24-11-16(21)13-7-9-15(19)10-8-13/h2-10,12H,11H2,1H3,(H,20,22)/t12-/m0/s1. The summed E-state index contributed by atoms with van der Waals surface area (Å²) in [6, 6.07) is 13.9. The molecule has 1 atom stereocenters. The fraction of sp³-hybridized carbons (Fsp3) is 0.167. The molecule has 0 unspecified atom stereocenters. The van der Waals surface area contributed by atoms with Crippen molar-refractivity contribution < 1.29 is 19.1 Å². The van der Waals surface area contributed by atoms with Crippen molar-refractivity contribution in [1.82, 2.24) is 5.32 Å². The largest absolute Gasteiger partial charge is 0.456 e. The first-order chi connectivity index (χ1) is 11.5. The number of hydrogen-bond donors (Lipinski definition) is 1. The van der Waals surface area contributed by atoms with Gasteiger partial charge < -0.3 is 10.1 Å². The summed E-state index contributed by atoms with van der Waals surface area (Å²) in [6.45, 7) is 1.10. The summed E-state index contributed by atoms with van der Waals surface area (Å²) in [6.07, 6.45) is 0. The first kappa shape index (κ1) is 17.7. The SMILES string of the molecule is C[C@H](NC(=O)c1ccccc1)C(=O)OCC(=O)c1ccc(Cl)cc1. The number of benzene rings is 2. The monoisotopic (exact) mass is 345 g/mol. The van der Waals surface area contributed by atoms with Crippen LogP contribution in [0.4, 0.5) is 0 Å². The zero-order valence-corrected chi connectivity index (χ0v) is 13.7. The van der Waals surface area contributed by atoms with E-state index >= 15 is 0 Å². The highest BCUT2D eigenvalue weighted by Gasteiger charge is 2.19. The Morgan fingerprint density at radius 2 is 1.62 bits per heavy atom. The number of rotatable bonds is 6. The molecule has 6 heteroatoms. The molecule has 2 rings (SSSR count). The zero-order chi connectivity index (χ0) is 17.5. The maximum Gasteiger partial charge on any atom is 0.328 e. The molecule has 124 valence electrons. The Kier molecular flexibility index (Phi) is 6.09. The molecule has 0 aromatic heterocycles. The molecule has 0 heterocycles. The van der Waals surface area contributed by atoms with E-state index in [0.717, 1.165) is 0 Å². The zero-order valence-electron chi connectivity index (χ0n) is 13.0. The van der Waals surface area contributed by atoms with Crippen LogP contribution in [0.3, 0.4) is 0 Å². The van der Waals surface area contributed by atoms with Crippen molar-refractivity contribution in [2.24, 2.45) is 0 Å². The van der Waals surface area contributed by atoms with Gasteiger partial charge >= 0.3 is 5.97 Å². The fourth-order valence-electron chi connectivity index (χ4n) is 1.91. The van der Waals surface area contributed by atoms with Crippen LogP contribution in [-0.4, -0.2) is 30.3 Å². The Bertz CT molecular complexity index is 728. The molecule has 0 saturated heterocycles. The summed E-state index contributed by atoms with van der Waals surface area (Å²) in [5, 5.41) is 3.04. The number of ketones is 1. The molecule has 0 aliphatic rings. The number of nitrogens with one attached hydrogen (secondary N) is 1. The highest BCUT2D eigenvalue weighted by molar-refractivity contribution is 6.30. The van der Waals surface area contributed by atoms with Crippen molar-refractivity contribution in [3.63, 3.8) is 0 Å². The van der Waals surface area contributed by atoms with Gasteiger partial charge in [-0.15, -0.1) is 0 Å². The Morgan fingerprint density at radius 3 is 2.25 bits per heavy atom. The van der Waals surface area contributed by atoms with E-state index < -0.39 is 18.6 Å². The Hall–Kier alpha value is -2.66. The molecular formula is C18H16ClNO4. The number of amides is 1. The van der Waals surface area contributed by atoms with E-state index in [1.165, 1.54) is 6.92 Å². The molecule has 2 aromatic carbocycles. The second-order valence-electron chi connectivity index (χ2n) is 5.10. The van der Waals surface area contributed by atoms with Gasteiger partial charge in [0.25, 0.3) is 5.91 Å². The third-order valence-electron chi connectivity index (χ3n) is 3.25. The van der Waals surface area contributed by atoms with E-state index in [-0.39, 0.29) is 11.7 Å². The van der Waals surface area contributed by atoms with Crippen LogP contribution in [0.2, 0.25) is 5.02 Å². The maximum atomic E-state index is 12.0. The molecule has 24 heavy (non-hydrogen) atoms. The van der Waals surface area contributed by atoms with Crippen LogP contribution < -0.4 is 5.32 Å². The topological polar surface area (TPSA) is 72.5 Å². The van der Waals surface area contributed by atoms with Crippen molar-refractivity contribution >= 4 is 29.3 Å². The van der Waals surface area contributed by atoms with Gasteiger partial charge in [-0.05, 0) is 43.3 Å². The minimum Gasteiger partial charge on any atom is -0.456 e. The molecule has 1 N–H and O–H groups in total. The molecule has 0 fully saturated rings. The number of carbonyl (C=O) groups excluding carboxylic acids is 3. The third kappa shape index (κ3) is 4.93. The highest BCUT2D eigenvalue weighted by Crippen LogP contribution is 2.10. The number of hydrogen-bond acceptors (Lipinski definition) is 4. The molecule has 0 bridgehead atoms. The lowest BCUT2D eigenvalue weighted by Gasteiger charge is -2.13. The van der Waals surface area contributed by atoms with Crippen LogP contribution in [0.25, 0.3) is 0 Å². The number of halogens is 1. The van der Waals surface area contributed by atoms with Gasteiger partial charge in [-0.25, -0.2) is 4.79 Å². The second kappa shape index (κ2) is 8.26. The van der Waals surface area contributed by atoms with Gasteiger partial charge in [-0.1, -0.05) is 29.8 Å². The van der Waals surface area contributed by atoms with Gasteiger partial charge in [0.1, 0.15) is 6.04 Å². The van der Waals surface area contributed by atoms with E-state index in [1.54, 1.807) is 54.6 Å².